The predicted molar refractivity (Wildman–Crippen MR) is 59.9 cm³/mol. The third kappa shape index (κ3) is 3.69. The molecule has 0 aliphatic rings. The third-order valence-electron chi connectivity index (χ3n) is 2.17. The number of nitrogens with zero attached hydrogens (tertiary/aromatic N) is 2. The highest BCUT2D eigenvalue weighted by atomic mass is 14.8. The van der Waals surface area contributed by atoms with E-state index >= 15 is 0 Å². The summed E-state index contributed by atoms with van der Waals surface area (Å²) in [7, 11) is 0. The Bertz CT molecular complexity index is 292. The van der Waals surface area contributed by atoms with Crippen LogP contribution in [0.3, 0.4) is 0 Å². The van der Waals surface area contributed by atoms with E-state index in [1.807, 2.05) is 6.92 Å². The van der Waals surface area contributed by atoms with Crippen molar-refractivity contribution in [1.82, 2.24) is 9.97 Å². The fraction of sp³-hybridized carbons (Fsp3) is 0.500. The fourth-order valence-corrected chi connectivity index (χ4v) is 1.29. The van der Waals surface area contributed by atoms with Crippen molar-refractivity contribution in [3.8, 4) is 0 Å². The molecule has 2 nitrogen and oxygen atoms in total. The molecule has 0 radical (unpaired) electrons. The highest BCUT2D eigenvalue weighted by molar-refractivity contribution is 5.46. The smallest absolute Gasteiger partial charge is 0.0838 e. The van der Waals surface area contributed by atoms with Gasteiger partial charge in [0.15, 0.2) is 0 Å². The molecule has 1 aromatic rings. The van der Waals surface area contributed by atoms with Crippen LogP contribution in [0.4, 0.5) is 0 Å². The molecule has 0 fully saturated rings. The first-order valence-electron chi connectivity index (χ1n) is 5.28. The van der Waals surface area contributed by atoms with E-state index in [0.29, 0.717) is 0 Å². The molecule has 0 atom stereocenters. The molecule has 0 unspecified atom stereocenters. The number of hydrogen-bond donors (Lipinski definition) is 0. The lowest BCUT2D eigenvalue weighted by molar-refractivity contribution is 0.730. The maximum Gasteiger partial charge on any atom is 0.0838 e. The van der Waals surface area contributed by atoms with Crippen molar-refractivity contribution >= 4 is 6.08 Å². The van der Waals surface area contributed by atoms with Gasteiger partial charge in [-0.3, -0.25) is 9.97 Å². The van der Waals surface area contributed by atoms with Crippen LogP contribution in [0.1, 0.15) is 44.0 Å². The lowest BCUT2D eigenvalue weighted by Crippen LogP contribution is -1.88. The van der Waals surface area contributed by atoms with Gasteiger partial charge >= 0.3 is 0 Å². The van der Waals surface area contributed by atoms with Crippen LogP contribution < -0.4 is 0 Å². The lowest BCUT2D eigenvalue weighted by atomic mass is 10.2. The van der Waals surface area contributed by atoms with Crippen molar-refractivity contribution in [3.05, 3.63) is 29.9 Å². The van der Waals surface area contributed by atoms with Crippen molar-refractivity contribution in [2.75, 3.05) is 0 Å². The summed E-state index contributed by atoms with van der Waals surface area (Å²) in [6.45, 7) is 4.20. The van der Waals surface area contributed by atoms with Crippen LogP contribution in [0.2, 0.25) is 0 Å². The first kappa shape index (κ1) is 10.9. The first-order valence-corrected chi connectivity index (χ1v) is 5.28. The molecule has 0 saturated heterocycles. The zero-order valence-electron chi connectivity index (χ0n) is 9.03. The molecule has 0 bridgehead atoms. The molecule has 14 heavy (non-hydrogen) atoms. The Kier molecular flexibility index (Phi) is 4.90. The number of unbranched alkanes of at least 4 members (excludes halogenated alkanes) is 3. The zero-order valence-corrected chi connectivity index (χ0v) is 9.03. The molecule has 0 spiro atoms. The predicted octanol–water partition coefficient (Wildman–Crippen LogP) is 3.38. The highest BCUT2D eigenvalue weighted by Crippen LogP contribution is 2.05. The molecule has 0 N–H and O–H groups in total. The summed E-state index contributed by atoms with van der Waals surface area (Å²) in [6, 6.07) is 0. The Morgan fingerprint density at radius 1 is 1.21 bits per heavy atom. The van der Waals surface area contributed by atoms with Crippen LogP contribution in [-0.2, 0) is 0 Å². The average molecular weight is 190 g/mol. The summed E-state index contributed by atoms with van der Waals surface area (Å²) in [5, 5.41) is 0. The van der Waals surface area contributed by atoms with Crippen LogP contribution in [0, 0.1) is 6.92 Å². The normalized spacial score (nSPS) is 11.0. The molecule has 1 aromatic heterocycles. The molecule has 2 heteroatoms. The van der Waals surface area contributed by atoms with Crippen LogP contribution in [0.25, 0.3) is 6.08 Å². The highest BCUT2D eigenvalue weighted by Gasteiger charge is 1.93. The number of allylic oxidation sites excluding steroid dienone is 1. The zero-order chi connectivity index (χ0) is 10.2. The van der Waals surface area contributed by atoms with Gasteiger partial charge in [-0.25, -0.2) is 0 Å². The van der Waals surface area contributed by atoms with Crippen molar-refractivity contribution in [1.29, 1.82) is 0 Å². The average Bonchev–Trinajstić information content (AvgIpc) is 2.20. The van der Waals surface area contributed by atoms with E-state index in [1.54, 1.807) is 12.4 Å². The Balaban J connectivity index is 2.40. The van der Waals surface area contributed by atoms with Gasteiger partial charge in [-0.15, -0.1) is 0 Å². The van der Waals surface area contributed by atoms with E-state index in [4.69, 9.17) is 0 Å². The molecule has 0 aliphatic carbocycles. The van der Waals surface area contributed by atoms with E-state index in [2.05, 4.69) is 29.0 Å². The number of hydrogen-bond acceptors (Lipinski definition) is 2. The van der Waals surface area contributed by atoms with Gasteiger partial charge in [-0.05, 0) is 25.8 Å². The topological polar surface area (TPSA) is 25.8 Å². The van der Waals surface area contributed by atoms with Crippen LogP contribution in [0.5, 0.6) is 0 Å². The molecule has 0 aliphatic heterocycles. The maximum absolute atomic E-state index is 4.25. The summed E-state index contributed by atoms with van der Waals surface area (Å²) in [5.74, 6) is 0. The van der Waals surface area contributed by atoms with E-state index in [-0.39, 0.29) is 0 Å². The number of rotatable bonds is 5. The van der Waals surface area contributed by atoms with Gasteiger partial charge in [0.2, 0.25) is 0 Å². The van der Waals surface area contributed by atoms with E-state index < -0.39 is 0 Å². The molecule has 1 rings (SSSR count). The van der Waals surface area contributed by atoms with Crippen LogP contribution in [-0.4, -0.2) is 9.97 Å². The Morgan fingerprint density at radius 3 is 2.71 bits per heavy atom. The molecule has 0 aromatic carbocycles. The van der Waals surface area contributed by atoms with E-state index in [9.17, 15) is 0 Å². The third-order valence-corrected chi connectivity index (χ3v) is 2.17. The van der Waals surface area contributed by atoms with Gasteiger partial charge in [-0.2, -0.15) is 0 Å². The Hall–Kier alpha value is -1.18. The van der Waals surface area contributed by atoms with Crippen LogP contribution >= 0.6 is 0 Å². The summed E-state index contributed by atoms with van der Waals surface area (Å²) < 4.78 is 0. The van der Waals surface area contributed by atoms with Gasteiger partial charge in [0.25, 0.3) is 0 Å². The van der Waals surface area contributed by atoms with Crippen molar-refractivity contribution in [2.45, 2.75) is 39.5 Å². The van der Waals surface area contributed by atoms with Crippen molar-refractivity contribution in [2.24, 2.45) is 0 Å². The molecule has 76 valence electrons. The summed E-state index contributed by atoms with van der Waals surface area (Å²) in [6.07, 6.45) is 12.7. The molecular formula is C12H18N2. The second kappa shape index (κ2) is 6.30. The molecule has 0 amide bonds. The first-order chi connectivity index (χ1) is 6.84. The van der Waals surface area contributed by atoms with Gasteiger partial charge in [0, 0.05) is 12.4 Å². The number of aryl methyl sites for hydroxylation is 1. The second-order valence-electron chi connectivity index (χ2n) is 3.43. The van der Waals surface area contributed by atoms with Gasteiger partial charge in [0.05, 0.1) is 11.4 Å². The van der Waals surface area contributed by atoms with E-state index in [1.165, 1.54) is 19.3 Å². The van der Waals surface area contributed by atoms with Gasteiger partial charge in [0.1, 0.15) is 0 Å². The molecular weight excluding hydrogens is 172 g/mol. The molecule has 0 saturated carbocycles. The summed E-state index contributed by atoms with van der Waals surface area (Å²) in [4.78, 5) is 8.43. The molecule has 1 heterocycles. The quantitative estimate of drug-likeness (QED) is 0.665. The minimum Gasteiger partial charge on any atom is -0.258 e. The van der Waals surface area contributed by atoms with Crippen LogP contribution in [0.15, 0.2) is 18.5 Å². The largest absolute Gasteiger partial charge is 0.258 e. The summed E-state index contributed by atoms with van der Waals surface area (Å²) >= 11 is 0. The van der Waals surface area contributed by atoms with Crippen molar-refractivity contribution < 1.29 is 0 Å². The maximum atomic E-state index is 4.25. The second-order valence-corrected chi connectivity index (χ2v) is 3.43. The Morgan fingerprint density at radius 2 is 2.00 bits per heavy atom. The lowest BCUT2D eigenvalue weighted by Gasteiger charge is -1.96. The van der Waals surface area contributed by atoms with Gasteiger partial charge < -0.3 is 0 Å². The fourth-order valence-electron chi connectivity index (χ4n) is 1.29. The summed E-state index contributed by atoms with van der Waals surface area (Å²) in [5.41, 5.74) is 1.99. The van der Waals surface area contributed by atoms with Crippen molar-refractivity contribution in [3.63, 3.8) is 0 Å². The van der Waals surface area contributed by atoms with Gasteiger partial charge in [-0.1, -0.05) is 25.8 Å². The minimum atomic E-state index is 0.990. The minimum absolute atomic E-state index is 0.990. The Labute approximate surface area is 86.1 Å². The standard InChI is InChI=1S/C12H18N2/c1-3-4-5-6-7-8-12-11(2)13-9-10-14-12/h7-10H,3-6H2,1-2H3/b8-7+. The SMILES string of the molecule is CCCCC/C=C/c1nccnc1C. The number of aromatic nitrogens is 2. The van der Waals surface area contributed by atoms with E-state index in [0.717, 1.165) is 17.8 Å². The monoisotopic (exact) mass is 190 g/mol.